The van der Waals surface area contributed by atoms with Crippen molar-refractivity contribution in [2.75, 3.05) is 13.1 Å². The Labute approximate surface area is 90.4 Å². The largest absolute Gasteiger partial charge is 0.370 e. The lowest BCUT2D eigenvalue weighted by atomic mass is 10.1. The van der Waals surface area contributed by atoms with Crippen LogP contribution in [0.15, 0.2) is 27.7 Å². The summed E-state index contributed by atoms with van der Waals surface area (Å²) in [7, 11) is 0. The molecule has 0 atom stereocenters. The average Bonchev–Trinajstić information content (AvgIpc) is 2.23. The fourth-order valence-corrected chi connectivity index (χ4v) is 1.75. The van der Waals surface area contributed by atoms with Crippen molar-refractivity contribution in [1.82, 2.24) is 5.32 Å². The van der Waals surface area contributed by atoms with Gasteiger partial charge in [-0.1, -0.05) is 15.9 Å². The van der Waals surface area contributed by atoms with Gasteiger partial charge in [0.15, 0.2) is 0 Å². The van der Waals surface area contributed by atoms with Gasteiger partial charge in [0.2, 0.25) is 0 Å². The zero-order chi connectivity index (χ0) is 9.97. The molecular formula is C10H10BrFN2. The molecule has 14 heavy (non-hydrogen) atoms. The summed E-state index contributed by atoms with van der Waals surface area (Å²) in [5.41, 5.74) is 0.541. The van der Waals surface area contributed by atoms with Gasteiger partial charge in [-0.15, -0.1) is 0 Å². The summed E-state index contributed by atoms with van der Waals surface area (Å²) in [5.74, 6) is 0.427. The van der Waals surface area contributed by atoms with Crippen molar-refractivity contribution in [3.05, 3.63) is 34.1 Å². The third-order valence-electron chi connectivity index (χ3n) is 2.08. The van der Waals surface area contributed by atoms with Gasteiger partial charge in [0.1, 0.15) is 11.7 Å². The molecular weight excluding hydrogens is 247 g/mol. The summed E-state index contributed by atoms with van der Waals surface area (Å²) in [4.78, 5) is 4.25. The minimum atomic E-state index is -0.235. The summed E-state index contributed by atoms with van der Waals surface area (Å²) in [5, 5.41) is 3.09. The standard InChI is InChI=1S/C10H10BrFN2/c11-7-2-3-9(12)8(6-7)10-13-4-1-5-14-10/h2-3,6H,1,4-5H2,(H,13,14). The van der Waals surface area contributed by atoms with E-state index in [-0.39, 0.29) is 5.82 Å². The molecule has 1 aromatic rings. The SMILES string of the molecule is Fc1ccc(Br)cc1C1=NCCCN1. The molecule has 0 aromatic heterocycles. The molecule has 0 radical (unpaired) electrons. The maximum Gasteiger partial charge on any atom is 0.134 e. The predicted molar refractivity (Wildman–Crippen MR) is 58.1 cm³/mol. The first-order valence-corrected chi connectivity index (χ1v) is 5.30. The molecule has 1 N–H and O–H groups in total. The van der Waals surface area contributed by atoms with Crippen molar-refractivity contribution in [2.24, 2.45) is 4.99 Å². The van der Waals surface area contributed by atoms with E-state index in [1.807, 2.05) is 0 Å². The number of nitrogens with one attached hydrogen (secondary N) is 1. The van der Waals surface area contributed by atoms with Crippen molar-refractivity contribution in [3.63, 3.8) is 0 Å². The van der Waals surface area contributed by atoms with E-state index in [1.165, 1.54) is 6.07 Å². The number of halogens is 2. The Hall–Kier alpha value is -0.900. The number of rotatable bonds is 1. The molecule has 4 heteroatoms. The zero-order valence-corrected chi connectivity index (χ0v) is 9.14. The Bertz CT molecular complexity index is 376. The van der Waals surface area contributed by atoms with Crippen LogP contribution in [0.4, 0.5) is 4.39 Å². The van der Waals surface area contributed by atoms with E-state index in [9.17, 15) is 4.39 Å². The second-order valence-corrected chi connectivity index (χ2v) is 4.05. The van der Waals surface area contributed by atoms with Gasteiger partial charge in [-0.3, -0.25) is 4.99 Å². The number of aliphatic imine (C=N–C) groups is 1. The quantitative estimate of drug-likeness (QED) is 0.820. The molecule has 1 aliphatic rings. The molecule has 1 aliphatic heterocycles. The predicted octanol–water partition coefficient (Wildman–Crippen LogP) is 2.33. The molecule has 0 unspecified atom stereocenters. The van der Waals surface area contributed by atoms with E-state index >= 15 is 0 Å². The number of nitrogens with zero attached hydrogens (tertiary/aromatic N) is 1. The first-order valence-electron chi connectivity index (χ1n) is 4.51. The molecule has 2 nitrogen and oxygen atoms in total. The summed E-state index contributed by atoms with van der Waals surface area (Å²) in [6.45, 7) is 1.64. The van der Waals surface area contributed by atoms with Gasteiger partial charge in [0.05, 0.1) is 5.56 Å². The molecule has 0 spiro atoms. The topological polar surface area (TPSA) is 24.4 Å². The van der Waals surface area contributed by atoms with Crippen LogP contribution in [0.2, 0.25) is 0 Å². The molecule has 0 aliphatic carbocycles. The number of benzene rings is 1. The molecule has 74 valence electrons. The monoisotopic (exact) mass is 256 g/mol. The number of hydrogen-bond donors (Lipinski definition) is 1. The van der Waals surface area contributed by atoms with Crippen molar-refractivity contribution >= 4 is 21.8 Å². The van der Waals surface area contributed by atoms with Crippen LogP contribution in [-0.4, -0.2) is 18.9 Å². The Morgan fingerprint density at radius 3 is 3.00 bits per heavy atom. The molecule has 0 fully saturated rings. The summed E-state index contributed by atoms with van der Waals surface area (Å²) in [6, 6.07) is 4.87. The molecule has 1 aromatic carbocycles. The Kier molecular flexibility index (Phi) is 2.82. The van der Waals surface area contributed by atoms with E-state index in [2.05, 4.69) is 26.2 Å². The molecule has 0 saturated heterocycles. The van der Waals surface area contributed by atoms with Crippen LogP contribution in [0.25, 0.3) is 0 Å². The van der Waals surface area contributed by atoms with Crippen molar-refractivity contribution in [2.45, 2.75) is 6.42 Å². The van der Waals surface area contributed by atoms with E-state index < -0.39 is 0 Å². The zero-order valence-electron chi connectivity index (χ0n) is 7.56. The Balaban J connectivity index is 2.39. The lowest BCUT2D eigenvalue weighted by Gasteiger charge is -2.15. The Morgan fingerprint density at radius 2 is 2.29 bits per heavy atom. The second kappa shape index (κ2) is 4.09. The van der Waals surface area contributed by atoms with Gasteiger partial charge in [0.25, 0.3) is 0 Å². The van der Waals surface area contributed by atoms with E-state index in [4.69, 9.17) is 0 Å². The highest BCUT2D eigenvalue weighted by Gasteiger charge is 2.11. The highest BCUT2D eigenvalue weighted by atomic mass is 79.9. The third kappa shape index (κ3) is 1.95. The maximum atomic E-state index is 13.4. The van der Waals surface area contributed by atoms with Gasteiger partial charge in [-0.25, -0.2) is 4.39 Å². The first kappa shape index (κ1) is 9.65. The summed E-state index contributed by atoms with van der Waals surface area (Å²) >= 11 is 3.31. The van der Waals surface area contributed by atoms with Gasteiger partial charge >= 0.3 is 0 Å². The van der Waals surface area contributed by atoms with Crippen LogP contribution in [0, 0.1) is 5.82 Å². The number of hydrogen-bond acceptors (Lipinski definition) is 2. The fourth-order valence-electron chi connectivity index (χ4n) is 1.39. The molecule has 0 bridgehead atoms. The highest BCUT2D eigenvalue weighted by Crippen LogP contribution is 2.16. The van der Waals surface area contributed by atoms with Crippen molar-refractivity contribution in [1.29, 1.82) is 0 Å². The van der Waals surface area contributed by atoms with Gasteiger partial charge < -0.3 is 5.32 Å². The maximum absolute atomic E-state index is 13.4. The van der Waals surface area contributed by atoms with E-state index in [0.29, 0.717) is 11.4 Å². The van der Waals surface area contributed by atoms with Crippen molar-refractivity contribution < 1.29 is 4.39 Å². The smallest absolute Gasteiger partial charge is 0.134 e. The minimum absolute atomic E-state index is 0.235. The average molecular weight is 257 g/mol. The highest BCUT2D eigenvalue weighted by molar-refractivity contribution is 9.10. The Morgan fingerprint density at radius 1 is 1.43 bits per heavy atom. The van der Waals surface area contributed by atoms with Crippen LogP contribution in [0.5, 0.6) is 0 Å². The molecule has 0 amide bonds. The minimum Gasteiger partial charge on any atom is -0.370 e. The lowest BCUT2D eigenvalue weighted by molar-refractivity contribution is 0.621. The van der Waals surface area contributed by atoms with Crippen LogP contribution in [0.1, 0.15) is 12.0 Å². The van der Waals surface area contributed by atoms with Crippen LogP contribution < -0.4 is 5.32 Å². The lowest BCUT2D eigenvalue weighted by Crippen LogP contribution is -2.30. The van der Waals surface area contributed by atoms with Crippen LogP contribution in [0.3, 0.4) is 0 Å². The third-order valence-corrected chi connectivity index (χ3v) is 2.57. The molecule has 2 rings (SSSR count). The van der Waals surface area contributed by atoms with E-state index in [0.717, 1.165) is 24.0 Å². The van der Waals surface area contributed by atoms with Crippen LogP contribution in [-0.2, 0) is 0 Å². The first-order chi connectivity index (χ1) is 6.77. The second-order valence-electron chi connectivity index (χ2n) is 3.13. The number of amidine groups is 1. The fraction of sp³-hybridized carbons (Fsp3) is 0.300. The molecule has 0 saturated carbocycles. The van der Waals surface area contributed by atoms with Crippen molar-refractivity contribution in [3.8, 4) is 0 Å². The van der Waals surface area contributed by atoms with Crippen LogP contribution >= 0.6 is 15.9 Å². The summed E-state index contributed by atoms with van der Waals surface area (Å²) < 4.78 is 14.3. The normalized spacial score (nSPS) is 16.0. The molecule has 1 heterocycles. The van der Waals surface area contributed by atoms with Gasteiger partial charge in [-0.2, -0.15) is 0 Å². The van der Waals surface area contributed by atoms with E-state index in [1.54, 1.807) is 12.1 Å². The summed E-state index contributed by atoms with van der Waals surface area (Å²) in [6.07, 6.45) is 1.01. The van der Waals surface area contributed by atoms with Gasteiger partial charge in [0, 0.05) is 17.6 Å². The van der Waals surface area contributed by atoms with Gasteiger partial charge in [-0.05, 0) is 24.6 Å².